The van der Waals surface area contributed by atoms with E-state index in [-0.39, 0.29) is 22.4 Å². The molecule has 1 saturated heterocycles. The number of carboxylic acid groups (broad SMARTS) is 1. The molecule has 2 fully saturated rings. The van der Waals surface area contributed by atoms with Crippen LogP contribution >= 0.6 is 11.6 Å². The van der Waals surface area contributed by atoms with E-state index in [1.165, 1.54) is 23.1 Å². The van der Waals surface area contributed by atoms with Crippen LogP contribution in [0.25, 0.3) is 0 Å². The predicted molar refractivity (Wildman–Crippen MR) is 124 cm³/mol. The van der Waals surface area contributed by atoms with Crippen molar-refractivity contribution in [3.05, 3.63) is 28.8 Å². The number of rotatable bonds is 9. The Morgan fingerprint density at radius 3 is 2.56 bits per heavy atom. The summed E-state index contributed by atoms with van der Waals surface area (Å²) in [5.74, 6) is -2.83. The highest BCUT2D eigenvalue weighted by Crippen LogP contribution is 2.47. The molecule has 0 spiro atoms. The fraction of sp³-hybridized carbons (Fsp3) is 0.522. The summed E-state index contributed by atoms with van der Waals surface area (Å²) in [6, 6.07) is 2.33. The Kier molecular flexibility index (Phi) is 7.50. The van der Waals surface area contributed by atoms with E-state index >= 15 is 0 Å². The van der Waals surface area contributed by atoms with Gasteiger partial charge in [-0.05, 0) is 49.3 Å². The second-order valence-electron chi connectivity index (χ2n) is 9.33. The molecule has 34 heavy (non-hydrogen) atoms. The number of halogens is 1. The molecule has 0 radical (unpaired) electrons. The van der Waals surface area contributed by atoms with Crippen LogP contribution in [0, 0.1) is 11.8 Å². The zero-order chi connectivity index (χ0) is 25.2. The zero-order valence-electron chi connectivity index (χ0n) is 19.0. The first-order chi connectivity index (χ1) is 16.0. The van der Waals surface area contributed by atoms with Crippen LogP contribution in [0.5, 0.6) is 0 Å². The molecular weight excluding hydrogens is 464 g/mol. The van der Waals surface area contributed by atoms with Gasteiger partial charge in [0.2, 0.25) is 11.8 Å². The minimum Gasteiger partial charge on any atom is -0.481 e. The van der Waals surface area contributed by atoms with Gasteiger partial charge in [-0.15, -0.1) is 0 Å². The summed E-state index contributed by atoms with van der Waals surface area (Å²) >= 11 is 6.02. The standard InChI is InChI=1S/C23H29ClN4O6/c1-12(2)19(27-20(32)14-3-4-17(25)16(24)7-14)21(33)28-10-13-5-6-23(28,9-13)22(34)26-15(11-29)8-18(30)31/h3-4,7,11-13,15,19H,5-6,8-10,25H2,1-2H3,(H,26,34)(H,27,32)(H,30,31)/t13-,15+,19+,23+/m1/s1. The second-order valence-corrected chi connectivity index (χ2v) is 9.74. The lowest BCUT2D eigenvalue weighted by atomic mass is 9.92. The molecule has 5 N–H and O–H groups in total. The Labute approximate surface area is 202 Å². The number of benzene rings is 1. The highest BCUT2D eigenvalue weighted by molar-refractivity contribution is 6.33. The smallest absolute Gasteiger partial charge is 0.305 e. The summed E-state index contributed by atoms with van der Waals surface area (Å²) < 4.78 is 0. The Hall–Kier alpha value is -3.14. The molecule has 1 aromatic rings. The van der Waals surface area contributed by atoms with Crippen LogP contribution < -0.4 is 16.4 Å². The average molecular weight is 493 g/mol. The number of carboxylic acids is 1. The van der Waals surface area contributed by atoms with Crippen LogP contribution in [0.15, 0.2) is 18.2 Å². The first-order valence-corrected chi connectivity index (χ1v) is 11.5. The maximum Gasteiger partial charge on any atom is 0.305 e. The van der Waals surface area contributed by atoms with E-state index in [0.717, 1.165) is 6.42 Å². The molecule has 2 aliphatic rings. The fourth-order valence-electron chi connectivity index (χ4n) is 4.79. The van der Waals surface area contributed by atoms with E-state index in [2.05, 4.69) is 10.6 Å². The van der Waals surface area contributed by atoms with Gasteiger partial charge in [-0.1, -0.05) is 25.4 Å². The highest BCUT2D eigenvalue weighted by atomic mass is 35.5. The molecular formula is C23H29ClN4O6. The van der Waals surface area contributed by atoms with Crippen LogP contribution in [0.4, 0.5) is 5.69 Å². The fourth-order valence-corrected chi connectivity index (χ4v) is 4.97. The topological polar surface area (TPSA) is 159 Å². The van der Waals surface area contributed by atoms with E-state index < -0.39 is 47.7 Å². The van der Waals surface area contributed by atoms with Crippen molar-refractivity contribution in [2.45, 2.75) is 57.2 Å². The molecule has 2 bridgehead atoms. The Balaban J connectivity index is 1.81. The first-order valence-electron chi connectivity index (χ1n) is 11.1. The van der Waals surface area contributed by atoms with Crippen LogP contribution in [-0.2, 0) is 19.2 Å². The lowest BCUT2D eigenvalue weighted by Crippen LogP contribution is -2.63. The molecule has 11 heteroatoms. The van der Waals surface area contributed by atoms with Crippen molar-refractivity contribution in [3.8, 4) is 0 Å². The third-order valence-corrected chi connectivity index (χ3v) is 6.92. The normalized spacial score (nSPS) is 22.8. The number of hydrogen-bond acceptors (Lipinski definition) is 6. The van der Waals surface area contributed by atoms with Crippen molar-refractivity contribution in [1.82, 2.24) is 15.5 Å². The van der Waals surface area contributed by atoms with Crippen LogP contribution in [0.3, 0.4) is 0 Å². The first kappa shape index (κ1) is 25.5. The molecule has 4 atom stereocenters. The van der Waals surface area contributed by atoms with E-state index in [4.69, 9.17) is 22.4 Å². The maximum atomic E-state index is 13.6. The van der Waals surface area contributed by atoms with Crippen LogP contribution in [-0.4, -0.2) is 64.2 Å². The van der Waals surface area contributed by atoms with Gasteiger partial charge in [-0.2, -0.15) is 0 Å². The number of piperidine rings is 1. The number of aldehydes is 1. The number of nitrogens with zero attached hydrogens (tertiary/aromatic N) is 1. The number of likely N-dealkylation sites (tertiary alicyclic amines) is 1. The molecule has 1 heterocycles. The number of aliphatic carboxylic acids is 1. The maximum absolute atomic E-state index is 13.6. The van der Waals surface area contributed by atoms with Crippen molar-refractivity contribution in [1.29, 1.82) is 0 Å². The second kappa shape index (κ2) is 10.0. The predicted octanol–water partition coefficient (Wildman–Crippen LogP) is 1.22. The van der Waals surface area contributed by atoms with Crippen molar-refractivity contribution >= 4 is 47.3 Å². The number of fused-ring (bicyclic) bond motifs is 2. The van der Waals surface area contributed by atoms with Crippen molar-refractivity contribution in [2.24, 2.45) is 11.8 Å². The quantitative estimate of drug-likeness (QED) is 0.298. The van der Waals surface area contributed by atoms with Crippen molar-refractivity contribution in [2.75, 3.05) is 12.3 Å². The van der Waals surface area contributed by atoms with Gasteiger partial charge in [0.05, 0.1) is 23.2 Å². The van der Waals surface area contributed by atoms with Gasteiger partial charge in [0.25, 0.3) is 5.91 Å². The minimum atomic E-state index is -1.22. The van der Waals surface area contributed by atoms with E-state index in [1.54, 1.807) is 13.8 Å². The van der Waals surface area contributed by atoms with Gasteiger partial charge in [-0.3, -0.25) is 19.2 Å². The number of carbonyl (C=O) groups is 5. The van der Waals surface area contributed by atoms with Crippen LogP contribution in [0.2, 0.25) is 5.02 Å². The third-order valence-electron chi connectivity index (χ3n) is 6.60. The van der Waals surface area contributed by atoms with Gasteiger partial charge in [0, 0.05) is 12.1 Å². The molecule has 3 rings (SSSR count). The van der Waals surface area contributed by atoms with E-state index in [0.29, 0.717) is 31.4 Å². The number of amides is 3. The van der Waals surface area contributed by atoms with Gasteiger partial charge in [0.1, 0.15) is 17.9 Å². The van der Waals surface area contributed by atoms with Crippen molar-refractivity contribution < 1.29 is 29.1 Å². The third kappa shape index (κ3) is 5.01. The van der Waals surface area contributed by atoms with E-state index in [9.17, 15) is 24.0 Å². The molecule has 184 valence electrons. The summed E-state index contributed by atoms with van der Waals surface area (Å²) in [4.78, 5) is 63.5. The summed E-state index contributed by atoms with van der Waals surface area (Å²) in [7, 11) is 0. The molecule has 1 aliphatic heterocycles. The average Bonchev–Trinajstić information content (AvgIpc) is 3.38. The summed E-state index contributed by atoms with van der Waals surface area (Å²) in [6.45, 7) is 3.92. The monoisotopic (exact) mass is 492 g/mol. The van der Waals surface area contributed by atoms with Crippen molar-refractivity contribution in [3.63, 3.8) is 0 Å². The molecule has 0 unspecified atom stereocenters. The SMILES string of the molecule is CC(C)[C@H](NC(=O)c1ccc(N)c(Cl)c1)C(=O)N1C[C@@H]2CC[C@@]1(C(=O)N[C@H](C=O)CC(=O)O)C2. The molecule has 3 amide bonds. The number of nitrogen functional groups attached to an aromatic ring is 1. The zero-order valence-corrected chi connectivity index (χ0v) is 19.8. The summed E-state index contributed by atoms with van der Waals surface area (Å²) in [6.07, 6.45) is 1.41. The van der Waals surface area contributed by atoms with Crippen LogP contribution in [0.1, 0.15) is 49.9 Å². The highest BCUT2D eigenvalue weighted by Gasteiger charge is 2.58. The largest absolute Gasteiger partial charge is 0.481 e. The summed E-state index contributed by atoms with van der Waals surface area (Å²) in [5.41, 5.74) is 5.10. The molecule has 1 saturated carbocycles. The number of nitrogens with one attached hydrogen (secondary N) is 2. The number of anilines is 1. The van der Waals surface area contributed by atoms with E-state index in [1.807, 2.05) is 0 Å². The molecule has 0 aromatic heterocycles. The Morgan fingerprint density at radius 1 is 1.29 bits per heavy atom. The number of carbonyl (C=O) groups excluding carboxylic acids is 4. The minimum absolute atomic E-state index is 0.114. The van der Waals surface area contributed by atoms with Gasteiger partial charge >= 0.3 is 5.97 Å². The lowest BCUT2D eigenvalue weighted by molar-refractivity contribution is -0.149. The Bertz CT molecular complexity index is 1020. The molecule has 10 nitrogen and oxygen atoms in total. The Morgan fingerprint density at radius 2 is 2.00 bits per heavy atom. The number of nitrogens with two attached hydrogens (primary N) is 1. The lowest BCUT2D eigenvalue weighted by Gasteiger charge is -2.40. The molecule has 1 aliphatic carbocycles. The van der Waals surface area contributed by atoms with Gasteiger partial charge < -0.3 is 31.2 Å². The van der Waals surface area contributed by atoms with Gasteiger partial charge in [-0.25, -0.2) is 0 Å². The summed E-state index contributed by atoms with van der Waals surface area (Å²) in [5, 5.41) is 14.4. The van der Waals surface area contributed by atoms with Gasteiger partial charge in [0.15, 0.2) is 0 Å². The number of hydrogen-bond donors (Lipinski definition) is 4. The molecule has 1 aromatic carbocycles.